The molecule has 1 aromatic heterocycles. The highest BCUT2D eigenvalue weighted by molar-refractivity contribution is 6.01. The third-order valence-corrected chi connectivity index (χ3v) is 4.10. The molecule has 0 fully saturated rings. The smallest absolute Gasteiger partial charge is 0.449 e. The average Bonchev–Trinajstić information content (AvgIpc) is 3.05. The number of fused-ring (bicyclic) bond motifs is 1. The van der Waals surface area contributed by atoms with E-state index in [4.69, 9.17) is 5.21 Å². The summed E-state index contributed by atoms with van der Waals surface area (Å²) in [4.78, 5) is 23.8. The predicted octanol–water partition coefficient (Wildman–Crippen LogP) is 3.81. The lowest BCUT2D eigenvalue weighted by molar-refractivity contribution is -0.154. The van der Waals surface area contributed by atoms with Crippen molar-refractivity contribution in [2.24, 2.45) is 0 Å². The highest BCUT2D eigenvalue weighted by Gasteiger charge is 2.37. The fourth-order valence-electron chi connectivity index (χ4n) is 2.81. The largest absolute Gasteiger partial charge is 0.456 e. The Labute approximate surface area is 156 Å². The van der Waals surface area contributed by atoms with Crippen LogP contribution >= 0.6 is 0 Å². The van der Waals surface area contributed by atoms with Gasteiger partial charge in [0.1, 0.15) is 5.76 Å². The molecule has 0 saturated heterocycles. The van der Waals surface area contributed by atoms with Crippen molar-refractivity contribution in [3.05, 3.63) is 70.7 Å². The lowest BCUT2D eigenvalue weighted by atomic mass is 10.0. The highest BCUT2D eigenvalue weighted by atomic mass is 19.4. The zero-order valence-corrected chi connectivity index (χ0v) is 14.6. The van der Waals surface area contributed by atoms with Crippen molar-refractivity contribution in [3.8, 4) is 0 Å². The first-order valence-electron chi connectivity index (χ1n) is 8.12. The van der Waals surface area contributed by atoms with Crippen LogP contribution in [-0.2, 0) is 12.7 Å². The van der Waals surface area contributed by atoms with Gasteiger partial charge in [0.25, 0.3) is 11.8 Å². The van der Waals surface area contributed by atoms with E-state index in [0.29, 0.717) is 10.8 Å². The molecular weight excluding hydrogens is 377 g/mol. The second kappa shape index (κ2) is 7.35. The van der Waals surface area contributed by atoms with Crippen LogP contribution < -0.4 is 10.8 Å². The summed E-state index contributed by atoms with van der Waals surface area (Å²) in [6, 6.07) is 10.5. The number of benzene rings is 2. The van der Waals surface area contributed by atoms with Crippen molar-refractivity contribution >= 4 is 22.6 Å². The number of rotatable bonds is 4. The number of carbonyl (C=O) groups is 2. The number of hydroxylamine groups is 1. The zero-order valence-electron chi connectivity index (χ0n) is 14.6. The predicted molar refractivity (Wildman–Crippen MR) is 92.8 cm³/mol. The molecular formula is C19H15F3N2O4. The van der Waals surface area contributed by atoms with Crippen molar-refractivity contribution < 1.29 is 32.4 Å². The molecule has 2 amide bonds. The van der Waals surface area contributed by atoms with E-state index < -0.39 is 23.8 Å². The highest BCUT2D eigenvalue weighted by Crippen LogP contribution is 2.34. The van der Waals surface area contributed by atoms with Gasteiger partial charge >= 0.3 is 6.18 Å². The summed E-state index contributed by atoms with van der Waals surface area (Å²) >= 11 is 0. The molecule has 0 aliphatic rings. The first kappa shape index (κ1) is 19.4. The Morgan fingerprint density at radius 2 is 1.57 bits per heavy atom. The van der Waals surface area contributed by atoms with Gasteiger partial charge < -0.3 is 9.73 Å². The Hall–Kier alpha value is -3.33. The number of hydrogen-bond acceptors (Lipinski definition) is 4. The van der Waals surface area contributed by atoms with Crippen LogP contribution in [0.5, 0.6) is 0 Å². The topological polar surface area (TPSA) is 91.6 Å². The van der Waals surface area contributed by atoms with Crippen LogP contribution in [0.3, 0.4) is 0 Å². The van der Waals surface area contributed by atoms with Crippen LogP contribution in [0.2, 0.25) is 0 Å². The number of carbonyl (C=O) groups excluding carboxylic acids is 2. The van der Waals surface area contributed by atoms with Gasteiger partial charge in [-0.25, -0.2) is 5.48 Å². The van der Waals surface area contributed by atoms with E-state index in [1.54, 1.807) is 18.2 Å². The molecule has 9 heteroatoms. The van der Waals surface area contributed by atoms with Crippen molar-refractivity contribution in [2.45, 2.75) is 19.6 Å². The van der Waals surface area contributed by atoms with Crippen LogP contribution in [0.25, 0.3) is 10.8 Å². The van der Waals surface area contributed by atoms with Gasteiger partial charge in [0.2, 0.25) is 5.76 Å². The summed E-state index contributed by atoms with van der Waals surface area (Å²) in [5.74, 6) is -2.24. The molecule has 1 heterocycles. The number of furan rings is 1. The molecule has 0 aliphatic carbocycles. The first-order valence-corrected chi connectivity index (χ1v) is 8.12. The molecule has 0 radical (unpaired) electrons. The molecule has 0 atom stereocenters. The van der Waals surface area contributed by atoms with Crippen LogP contribution in [0, 0.1) is 6.92 Å². The van der Waals surface area contributed by atoms with Gasteiger partial charge in [0.05, 0.1) is 0 Å². The molecule has 146 valence electrons. The molecule has 28 heavy (non-hydrogen) atoms. The van der Waals surface area contributed by atoms with Gasteiger partial charge in [-0.15, -0.1) is 0 Å². The molecule has 0 bridgehead atoms. The van der Waals surface area contributed by atoms with E-state index in [-0.39, 0.29) is 29.0 Å². The Balaban J connectivity index is 1.78. The second-order valence-electron chi connectivity index (χ2n) is 6.11. The maximum absolute atomic E-state index is 12.9. The number of alkyl halides is 3. The molecule has 3 aromatic rings. The lowest BCUT2D eigenvalue weighted by Crippen LogP contribution is -2.24. The molecule has 2 aromatic carbocycles. The number of amides is 2. The SMILES string of the molecule is Cc1cc(CNC(=O)c2ccc3cc(C(=O)NO)ccc3c2)c(C(F)(F)F)o1. The van der Waals surface area contributed by atoms with Gasteiger partial charge in [0.15, 0.2) is 0 Å². The molecule has 3 N–H and O–H groups in total. The summed E-state index contributed by atoms with van der Waals surface area (Å²) in [6.07, 6.45) is -4.64. The third kappa shape index (κ3) is 3.99. The minimum Gasteiger partial charge on any atom is -0.456 e. The minimum absolute atomic E-state index is 0.102. The van der Waals surface area contributed by atoms with E-state index in [9.17, 15) is 22.8 Å². The number of hydrogen-bond donors (Lipinski definition) is 3. The minimum atomic E-state index is -4.64. The van der Waals surface area contributed by atoms with Gasteiger partial charge in [-0.2, -0.15) is 13.2 Å². The van der Waals surface area contributed by atoms with E-state index >= 15 is 0 Å². The molecule has 0 aliphatic heterocycles. The Kier molecular flexibility index (Phi) is 5.10. The standard InChI is InChI=1S/C19H15F3N2O4/c1-10-6-15(16(28-10)19(20,21)22)9-23-17(25)13-4-2-12-8-14(18(26)24-27)5-3-11(12)7-13/h2-8,27H,9H2,1H3,(H,23,25)(H,24,26). The van der Waals surface area contributed by atoms with Gasteiger partial charge in [0, 0.05) is 23.2 Å². The van der Waals surface area contributed by atoms with Crippen LogP contribution in [0.1, 0.15) is 37.8 Å². The monoisotopic (exact) mass is 392 g/mol. The van der Waals surface area contributed by atoms with Gasteiger partial charge in [-0.05, 0) is 48.0 Å². The zero-order chi connectivity index (χ0) is 20.5. The summed E-state index contributed by atoms with van der Waals surface area (Å²) in [5, 5.41) is 12.4. The maximum Gasteiger partial charge on any atom is 0.449 e. The summed E-state index contributed by atoms with van der Waals surface area (Å²) in [7, 11) is 0. The van der Waals surface area contributed by atoms with E-state index in [2.05, 4.69) is 9.73 Å². The van der Waals surface area contributed by atoms with E-state index in [0.717, 1.165) is 0 Å². The normalized spacial score (nSPS) is 11.5. The van der Waals surface area contributed by atoms with E-state index in [1.807, 2.05) is 0 Å². The number of aryl methyl sites for hydroxylation is 1. The summed E-state index contributed by atoms with van der Waals surface area (Å²) in [6.45, 7) is 1.06. The van der Waals surface area contributed by atoms with E-state index in [1.165, 1.54) is 36.7 Å². The molecule has 6 nitrogen and oxygen atoms in total. The van der Waals surface area contributed by atoms with Crippen molar-refractivity contribution in [1.82, 2.24) is 10.8 Å². The summed E-state index contributed by atoms with van der Waals surface area (Å²) in [5.41, 5.74) is 1.87. The van der Waals surface area contributed by atoms with Crippen molar-refractivity contribution in [3.63, 3.8) is 0 Å². The van der Waals surface area contributed by atoms with Crippen LogP contribution in [0.15, 0.2) is 46.9 Å². The van der Waals surface area contributed by atoms with Gasteiger partial charge in [-0.3, -0.25) is 14.8 Å². The Morgan fingerprint density at radius 1 is 1.00 bits per heavy atom. The summed E-state index contributed by atoms with van der Waals surface area (Å²) < 4.78 is 43.5. The van der Waals surface area contributed by atoms with Crippen molar-refractivity contribution in [1.29, 1.82) is 0 Å². The second-order valence-corrected chi connectivity index (χ2v) is 6.11. The fourth-order valence-corrected chi connectivity index (χ4v) is 2.81. The molecule has 0 unspecified atom stereocenters. The third-order valence-electron chi connectivity index (χ3n) is 4.10. The Bertz CT molecular complexity index is 1060. The van der Waals surface area contributed by atoms with Crippen LogP contribution in [-0.4, -0.2) is 17.0 Å². The van der Waals surface area contributed by atoms with Crippen molar-refractivity contribution in [2.75, 3.05) is 0 Å². The van der Waals surface area contributed by atoms with Crippen LogP contribution in [0.4, 0.5) is 13.2 Å². The maximum atomic E-state index is 12.9. The average molecular weight is 392 g/mol. The first-order chi connectivity index (χ1) is 13.2. The molecule has 0 saturated carbocycles. The molecule has 0 spiro atoms. The lowest BCUT2D eigenvalue weighted by Gasteiger charge is -2.09. The Morgan fingerprint density at radius 3 is 2.11 bits per heavy atom. The number of halogens is 3. The van der Waals surface area contributed by atoms with Gasteiger partial charge in [-0.1, -0.05) is 12.1 Å². The number of nitrogens with one attached hydrogen (secondary N) is 2. The fraction of sp³-hybridized carbons (Fsp3) is 0.158. The quantitative estimate of drug-likeness (QED) is 0.465. The molecule has 3 rings (SSSR count).